The molecular weight excluding hydrogens is 252 g/mol. The van der Waals surface area contributed by atoms with Gasteiger partial charge in [-0.1, -0.05) is 33.4 Å². The molecule has 4 nitrogen and oxygen atoms in total. The van der Waals surface area contributed by atoms with Gasteiger partial charge in [0.15, 0.2) is 0 Å². The van der Waals surface area contributed by atoms with Gasteiger partial charge in [0.25, 0.3) is 0 Å². The topological polar surface area (TPSA) is 72.2 Å². The lowest BCUT2D eigenvalue weighted by molar-refractivity contribution is -0.136. The van der Waals surface area contributed by atoms with Crippen molar-refractivity contribution in [3.8, 4) is 0 Å². The molecule has 0 aliphatic heterocycles. The van der Waals surface area contributed by atoms with Gasteiger partial charge in [-0.25, -0.2) is 0 Å². The first-order valence-corrected chi connectivity index (χ1v) is 6.82. The van der Waals surface area contributed by atoms with E-state index in [1.54, 1.807) is 0 Å². The molecule has 0 unspecified atom stereocenters. The Balaban J connectivity index is 0. The van der Waals surface area contributed by atoms with E-state index in [0.717, 1.165) is 0 Å². The molecule has 0 aliphatic rings. The highest BCUT2D eigenvalue weighted by Crippen LogP contribution is 2.25. The van der Waals surface area contributed by atoms with E-state index in [1.165, 1.54) is 0 Å². The molecule has 0 radical (unpaired) electrons. The number of allylic oxidation sites excluding steroid dienone is 2. The summed E-state index contributed by atoms with van der Waals surface area (Å²) < 4.78 is 0. The molecule has 0 spiro atoms. The highest BCUT2D eigenvalue weighted by atomic mass is 16.2. The number of primary amides is 1. The van der Waals surface area contributed by atoms with Crippen molar-refractivity contribution < 1.29 is 9.59 Å². The van der Waals surface area contributed by atoms with Crippen molar-refractivity contribution in [1.82, 2.24) is 5.32 Å². The molecule has 0 rings (SSSR count). The Hall–Kier alpha value is -1.32. The standard InChI is InChI=1S/C15H28N2O2.CH4/c1-7-8-9-11(13(16)18)12(10(2)3)14(19)17-15(4,5)6;/h7-8,10-12H,9H2,1-6H3,(H2,16,18)(H,17,19);1H4/b8-7+;/t11-,12+;/m0./s1. The Morgan fingerprint density at radius 1 is 1.25 bits per heavy atom. The summed E-state index contributed by atoms with van der Waals surface area (Å²) in [5, 5.41) is 2.94. The van der Waals surface area contributed by atoms with Crippen LogP contribution in [0.15, 0.2) is 12.2 Å². The first-order valence-electron chi connectivity index (χ1n) is 6.82. The van der Waals surface area contributed by atoms with E-state index in [1.807, 2.05) is 53.7 Å². The second-order valence-electron chi connectivity index (χ2n) is 6.32. The van der Waals surface area contributed by atoms with E-state index in [9.17, 15) is 9.59 Å². The quantitative estimate of drug-likeness (QED) is 0.736. The van der Waals surface area contributed by atoms with Crippen LogP contribution < -0.4 is 11.1 Å². The molecule has 0 saturated carbocycles. The third kappa shape index (κ3) is 7.31. The molecule has 0 aromatic carbocycles. The maximum absolute atomic E-state index is 12.4. The minimum Gasteiger partial charge on any atom is -0.369 e. The average Bonchev–Trinajstić information content (AvgIpc) is 2.19. The number of hydrogen-bond acceptors (Lipinski definition) is 2. The maximum Gasteiger partial charge on any atom is 0.224 e. The van der Waals surface area contributed by atoms with Gasteiger partial charge >= 0.3 is 0 Å². The lowest BCUT2D eigenvalue weighted by atomic mass is 9.79. The maximum atomic E-state index is 12.4. The van der Waals surface area contributed by atoms with Gasteiger partial charge in [-0.05, 0) is 40.0 Å². The van der Waals surface area contributed by atoms with E-state index >= 15 is 0 Å². The minimum atomic E-state index is -0.460. The van der Waals surface area contributed by atoms with Crippen LogP contribution in [0.2, 0.25) is 0 Å². The van der Waals surface area contributed by atoms with E-state index < -0.39 is 17.7 Å². The molecule has 3 N–H and O–H groups in total. The van der Waals surface area contributed by atoms with Crippen molar-refractivity contribution in [2.75, 3.05) is 0 Å². The molecule has 118 valence electrons. The number of amides is 2. The van der Waals surface area contributed by atoms with Crippen molar-refractivity contribution in [2.45, 2.75) is 60.9 Å². The van der Waals surface area contributed by atoms with Gasteiger partial charge in [0.2, 0.25) is 11.8 Å². The Labute approximate surface area is 124 Å². The molecule has 0 saturated heterocycles. The Morgan fingerprint density at radius 3 is 2.05 bits per heavy atom. The van der Waals surface area contributed by atoms with Crippen LogP contribution in [0.5, 0.6) is 0 Å². The van der Waals surface area contributed by atoms with Crippen LogP contribution in [0.3, 0.4) is 0 Å². The smallest absolute Gasteiger partial charge is 0.224 e. The molecule has 4 heteroatoms. The number of hydrogen-bond donors (Lipinski definition) is 2. The summed E-state index contributed by atoms with van der Waals surface area (Å²) in [4.78, 5) is 24.0. The third-order valence-corrected chi connectivity index (χ3v) is 2.94. The normalized spacial score (nSPS) is 14.8. The first-order chi connectivity index (χ1) is 8.60. The van der Waals surface area contributed by atoms with Crippen LogP contribution in [-0.4, -0.2) is 17.4 Å². The number of carbonyl (C=O) groups is 2. The van der Waals surface area contributed by atoms with Crippen LogP contribution in [0.1, 0.15) is 55.4 Å². The fourth-order valence-electron chi connectivity index (χ4n) is 2.13. The lowest BCUT2D eigenvalue weighted by Gasteiger charge is -2.30. The molecule has 0 aliphatic carbocycles. The molecule has 2 atom stereocenters. The molecule has 2 amide bonds. The molecular formula is C16H32N2O2. The van der Waals surface area contributed by atoms with Crippen LogP contribution in [-0.2, 0) is 9.59 Å². The van der Waals surface area contributed by atoms with Crippen LogP contribution in [0.4, 0.5) is 0 Å². The van der Waals surface area contributed by atoms with Crippen molar-refractivity contribution in [1.29, 1.82) is 0 Å². The number of nitrogens with one attached hydrogen (secondary N) is 1. The average molecular weight is 284 g/mol. The van der Waals surface area contributed by atoms with Gasteiger partial charge in [0, 0.05) is 5.54 Å². The van der Waals surface area contributed by atoms with Crippen molar-refractivity contribution in [3.05, 3.63) is 12.2 Å². The summed E-state index contributed by atoms with van der Waals surface area (Å²) in [7, 11) is 0. The summed E-state index contributed by atoms with van der Waals surface area (Å²) in [5.74, 6) is -1.31. The fraction of sp³-hybridized carbons (Fsp3) is 0.750. The predicted octanol–water partition coefficient (Wildman–Crippen LogP) is 2.88. The van der Waals surface area contributed by atoms with Crippen LogP contribution in [0.25, 0.3) is 0 Å². The van der Waals surface area contributed by atoms with Gasteiger partial charge in [-0.3, -0.25) is 9.59 Å². The Morgan fingerprint density at radius 2 is 1.75 bits per heavy atom. The Bertz CT molecular complexity index is 341. The molecule has 20 heavy (non-hydrogen) atoms. The molecule has 0 fully saturated rings. The van der Waals surface area contributed by atoms with Crippen LogP contribution >= 0.6 is 0 Å². The van der Waals surface area contributed by atoms with Crippen molar-refractivity contribution in [2.24, 2.45) is 23.5 Å². The predicted molar refractivity (Wildman–Crippen MR) is 85.1 cm³/mol. The van der Waals surface area contributed by atoms with Gasteiger partial charge in [-0.15, -0.1) is 0 Å². The zero-order valence-electron chi connectivity index (χ0n) is 13.0. The monoisotopic (exact) mass is 284 g/mol. The molecule has 0 aromatic rings. The third-order valence-electron chi connectivity index (χ3n) is 2.94. The highest BCUT2D eigenvalue weighted by molar-refractivity contribution is 5.87. The fourth-order valence-corrected chi connectivity index (χ4v) is 2.13. The molecule has 0 aromatic heterocycles. The van der Waals surface area contributed by atoms with Gasteiger partial charge in [-0.2, -0.15) is 0 Å². The van der Waals surface area contributed by atoms with E-state index in [4.69, 9.17) is 5.73 Å². The van der Waals surface area contributed by atoms with Gasteiger partial charge < -0.3 is 11.1 Å². The summed E-state index contributed by atoms with van der Waals surface area (Å²) in [6, 6.07) is 0. The second-order valence-corrected chi connectivity index (χ2v) is 6.32. The molecule has 0 heterocycles. The molecule has 0 bridgehead atoms. The summed E-state index contributed by atoms with van der Waals surface area (Å²) >= 11 is 0. The summed E-state index contributed by atoms with van der Waals surface area (Å²) in [6.07, 6.45) is 4.26. The van der Waals surface area contributed by atoms with Crippen molar-refractivity contribution in [3.63, 3.8) is 0 Å². The number of rotatable bonds is 6. The number of carbonyl (C=O) groups excluding carboxylic acids is 2. The second kappa shape index (κ2) is 8.77. The highest BCUT2D eigenvalue weighted by Gasteiger charge is 2.35. The summed E-state index contributed by atoms with van der Waals surface area (Å²) in [5.41, 5.74) is 5.15. The van der Waals surface area contributed by atoms with E-state index in [2.05, 4.69) is 5.32 Å². The van der Waals surface area contributed by atoms with Gasteiger partial charge in [0.1, 0.15) is 0 Å². The Kier molecular flexibility index (Phi) is 9.21. The van der Waals surface area contributed by atoms with Crippen LogP contribution in [0, 0.1) is 17.8 Å². The van der Waals surface area contributed by atoms with E-state index in [-0.39, 0.29) is 24.8 Å². The zero-order valence-corrected chi connectivity index (χ0v) is 13.0. The number of nitrogens with two attached hydrogens (primary N) is 1. The SMILES string of the molecule is C.C/C=C/C[C@H](C(N)=O)[C@H](C(=O)NC(C)(C)C)C(C)C. The summed E-state index contributed by atoms with van der Waals surface area (Å²) in [6.45, 7) is 11.5. The van der Waals surface area contributed by atoms with Gasteiger partial charge in [0.05, 0.1) is 11.8 Å². The van der Waals surface area contributed by atoms with E-state index in [0.29, 0.717) is 6.42 Å². The lowest BCUT2D eigenvalue weighted by Crippen LogP contribution is -2.49. The first kappa shape index (κ1) is 21.0. The largest absolute Gasteiger partial charge is 0.369 e. The van der Waals surface area contributed by atoms with Crippen molar-refractivity contribution >= 4 is 11.8 Å². The zero-order chi connectivity index (χ0) is 15.2. The minimum absolute atomic E-state index is 0.